The number of hydrogen-bond donors (Lipinski definition) is 0. The molecular formula is C40H67N5O4Si2. The molecule has 1 aliphatic carbocycles. The van der Waals surface area contributed by atoms with Crippen LogP contribution < -0.4 is 4.90 Å². The minimum Gasteiger partial charge on any atom is -0.444 e. The predicted octanol–water partition coefficient (Wildman–Crippen LogP) is 9.48. The van der Waals surface area contributed by atoms with Crippen molar-refractivity contribution >= 4 is 38.8 Å². The highest BCUT2D eigenvalue weighted by molar-refractivity contribution is 6.76. The number of carbonyl (C=O) groups excluding carboxylic acids is 1. The van der Waals surface area contributed by atoms with Gasteiger partial charge < -0.3 is 28.6 Å². The van der Waals surface area contributed by atoms with Crippen molar-refractivity contribution in [1.82, 2.24) is 19.2 Å². The van der Waals surface area contributed by atoms with Crippen molar-refractivity contribution in [2.24, 2.45) is 5.41 Å². The summed E-state index contributed by atoms with van der Waals surface area (Å²) in [4.78, 5) is 17.3. The third-order valence-corrected chi connectivity index (χ3v) is 13.7. The maximum Gasteiger partial charge on any atom is 0.410 e. The summed E-state index contributed by atoms with van der Waals surface area (Å²) < 4.78 is 23.0. The van der Waals surface area contributed by atoms with Crippen LogP contribution in [0.15, 0.2) is 24.3 Å². The zero-order valence-corrected chi connectivity index (χ0v) is 36.2. The Kier molecular flexibility index (Phi) is 11.4. The second-order valence-electron chi connectivity index (χ2n) is 19.9. The SMILES string of the molecule is CC1(C)CCc2c(-c3cc4ccc(N5CCN(C(=O)OC(C)(C)C)CC5(C)C)cc4n3COCC[Si](C)(C)C)nn(COCC[Si](C)(C)C)c2C1. The summed E-state index contributed by atoms with van der Waals surface area (Å²) in [5, 5.41) is 6.52. The number of hydrogen-bond acceptors (Lipinski definition) is 6. The van der Waals surface area contributed by atoms with Gasteiger partial charge in [0.2, 0.25) is 0 Å². The Morgan fingerprint density at radius 2 is 1.55 bits per heavy atom. The van der Waals surface area contributed by atoms with Gasteiger partial charge in [0.15, 0.2) is 0 Å². The van der Waals surface area contributed by atoms with E-state index in [0.717, 1.165) is 73.7 Å². The molecule has 51 heavy (non-hydrogen) atoms. The molecule has 3 aromatic rings. The Bertz CT molecular complexity index is 1690. The molecular weight excluding hydrogens is 671 g/mol. The molecule has 2 aliphatic rings. The summed E-state index contributed by atoms with van der Waals surface area (Å²) in [5.74, 6) is 0. The van der Waals surface area contributed by atoms with Gasteiger partial charge in [-0.25, -0.2) is 9.48 Å². The number of nitrogens with zero attached hydrogens (tertiary/aromatic N) is 5. The Morgan fingerprint density at radius 3 is 2.16 bits per heavy atom. The number of anilines is 1. The van der Waals surface area contributed by atoms with Crippen LogP contribution in [-0.4, -0.2) is 85.5 Å². The quantitative estimate of drug-likeness (QED) is 0.136. The van der Waals surface area contributed by atoms with Gasteiger partial charge in [-0.1, -0.05) is 59.2 Å². The van der Waals surface area contributed by atoms with Gasteiger partial charge in [-0.3, -0.25) is 0 Å². The highest BCUT2D eigenvalue weighted by Gasteiger charge is 2.38. The number of benzene rings is 1. The number of carbonyl (C=O) groups is 1. The third kappa shape index (κ3) is 10.1. The smallest absolute Gasteiger partial charge is 0.410 e. The normalized spacial score (nSPS) is 18.0. The molecule has 1 fully saturated rings. The van der Waals surface area contributed by atoms with E-state index >= 15 is 0 Å². The topological polar surface area (TPSA) is 74.0 Å². The fraction of sp³-hybridized carbons (Fsp3) is 0.700. The molecule has 9 nitrogen and oxygen atoms in total. The standard InChI is InChI=1S/C40H67N5O4Si2/c1-38(2,3)49-37(46)42-18-19-44(40(6,7)27-42)31-15-14-30-24-34(43(33(30)25-31)28-47-20-22-50(8,9)10)36-32-16-17-39(4,5)26-35(32)45(41-36)29-48-21-23-51(11,12)13/h14-15,24-25H,16-23,26-29H2,1-13H3. The van der Waals surface area contributed by atoms with Crippen LogP contribution >= 0.6 is 0 Å². The van der Waals surface area contributed by atoms with Gasteiger partial charge in [0, 0.05) is 71.3 Å². The van der Waals surface area contributed by atoms with Gasteiger partial charge >= 0.3 is 6.09 Å². The fourth-order valence-corrected chi connectivity index (χ4v) is 8.75. The molecule has 1 aliphatic heterocycles. The highest BCUT2D eigenvalue weighted by Crippen LogP contribution is 2.41. The van der Waals surface area contributed by atoms with Gasteiger partial charge in [-0.15, -0.1) is 0 Å². The number of rotatable bonds is 12. The van der Waals surface area contributed by atoms with Gasteiger partial charge in [-0.2, -0.15) is 5.10 Å². The molecule has 2 aromatic heterocycles. The van der Waals surface area contributed by atoms with Crippen LogP contribution in [0, 0.1) is 5.41 Å². The van der Waals surface area contributed by atoms with E-state index < -0.39 is 21.7 Å². The van der Waals surface area contributed by atoms with E-state index in [4.69, 9.17) is 19.3 Å². The largest absolute Gasteiger partial charge is 0.444 e. The summed E-state index contributed by atoms with van der Waals surface area (Å²) in [6.45, 7) is 33.7. The monoisotopic (exact) mass is 737 g/mol. The van der Waals surface area contributed by atoms with E-state index in [1.165, 1.54) is 16.6 Å². The van der Waals surface area contributed by atoms with Crippen molar-refractivity contribution in [2.45, 2.75) is 144 Å². The Balaban J connectivity index is 1.51. The molecule has 3 heterocycles. The lowest BCUT2D eigenvalue weighted by Gasteiger charge is -2.48. The molecule has 0 unspecified atom stereocenters. The van der Waals surface area contributed by atoms with E-state index in [1.807, 2.05) is 25.7 Å². The molecule has 1 amide bonds. The molecule has 0 N–H and O–H groups in total. The molecule has 0 radical (unpaired) electrons. The number of ether oxygens (including phenoxy) is 3. The second-order valence-corrected chi connectivity index (χ2v) is 31.1. The summed E-state index contributed by atoms with van der Waals surface area (Å²) in [5.41, 5.74) is 6.56. The van der Waals surface area contributed by atoms with Crippen molar-refractivity contribution in [3.63, 3.8) is 0 Å². The van der Waals surface area contributed by atoms with Crippen molar-refractivity contribution in [3.05, 3.63) is 35.5 Å². The van der Waals surface area contributed by atoms with Crippen molar-refractivity contribution in [1.29, 1.82) is 0 Å². The van der Waals surface area contributed by atoms with Crippen LogP contribution in [0.1, 0.15) is 66.1 Å². The zero-order chi connectivity index (χ0) is 37.6. The number of aromatic nitrogens is 3. The third-order valence-electron chi connectivity index (χ3n) is 10.3. The summed E-state index contributed by atoms with van der Waals surface area (Å²) >= 11 is 0. The highest BCUT2D eigenvalue weighted by atomic mass is 28.3. The fourth-order valence-electron chi connectivity index (χ4n) is 7.24. The first kappa shape index (κ1) is 39.6. The summed E-state index contributed by atoms with van der Waals surface area (Å²) in [7, 11) is -2.44. The molecule has 0 saturated carbocycles. The first-order chi connectivity index (χ1) is 23.5. The number of piperazine rings is 1. The van der Waals surface area contributed by atoms with Crippen LogP contribution in [0.2, 0.25) is 51.4 Å². The van der Waals surface area contributed by atoms with Crippen LogP contribution in [-0.2, 0) is 40.5 Å². The first-order valence-electron chi connectivity index (χ1n) is 19.2. The van der Waals surface area contributed by atoms with Crippen molar-refractivity contribution < 1.29 is 19.0 Å². The van der Waals surface area contributed by atoms with Gasteiger partial charge in [0.25, 0.3) is 0 Å². The van der Waals surface area contributed by atoms with Crippen molar-refractivity contribution in [2.75, 3.05) is 37.7 Å². The Morgan fingerprint density at radius 1 is 0.902 bits per heavy atom. The van der Waals surface area contributed by atoms with Crippen LogP contribution in [0.5, 0.6) is 0 Å². The molecule has 5 rings (SSSR count). The molecule has 1 saturated heterocycles. The van der Waals surface area contributed by atoms with Gasteiger partial charge in [0.05, 0.1) is 16.7 Å². The van der Waals surface area contributed by atoms with Gasteiger partial charge in [0.1, 0.15) is 24.8 Å². The minimum absolute atomic E-state index is 0.224. The van der Waals surface area contributed by atoms with E-state index in [0.29, 0.717) is 26.6 Å². The van der Waals surface area contributed by atoms with Crippen LogP contribution in [0.3, 0.4) is 0 Å². The van der Waals surface area contributed by atoms with E-state index in [2.05, 4.69) is 105 Å². The second kappa shape index (κ2) is 14.7. The number of fused-ring (bicyclic) bond motifs is 2. The predicted molar refractivity (Wildman–Crippen MR) is 216 cm³/mol. The zero-order valence-electron chi connectivity index (χ0n) is 34.2. The average Bonchev–Trinajstić information content (AvgIpc) is 3.51. The minimum atomic E-state index is -1.25. The summed E-state index contributed by atoms with van der Waals surface area (Å²) in [6.07, 6.45) is 2.89. The lowest BCUT2D eigenvalue weighted by atomic mass is 9.76. The molecule has 0 atom stereocenters. The molecule has 1 aromatic carbocycles. The van der Waals surface area contributed by atoms with Gasteiger partial charge in [-0.05, 0) is 89.6 Å². The molecule has 0 spiro atoms. The van der Waals surface area contributed by atoms with E-state index in [1.54, 1.807) is 0 Å². The Labute approximate surface area is 310 Å². The molecule has 0 bridgehead atoms. The lowest BCUT2D eigenvalue weighted by molar-refractivity contribution is 0.0179. The average molecular weight is 738 g/mol. The lowest BCUT2D eigenvalue weighted by Crippen LogP contribution is -2.61. The maximum absolute atomic E-state index is 13.0. The Hall–Kier alpha value is -2.61. The molecule has 284 valence electrons. The molecule has 11 heteroatoms. The van der Waals surface area contributed by atoms with Crippen LogP contribution in [0.4, 0.5) is 10.5 Å². The van der Waals surface area contributed by atoms with E-state index in [-0.39, 0.29) is 17.0 Å². The van der Waals surface area contributed by atoms with Crippen molar-refractivity contribution in [3.8, 4) is 11.4 Å². The van der Waals surface area contributed by atoms with E-state index in [9.17, 15) is 4.79 Å². The van der Waals surface area contributed by atoms with Crippen LogP contribution in [0.25, 0.3) is 22.3 Å². The number of amides is 1. The first-order valence-corrected chi connectivity index (χ1v) is 26.6. The summed E-state index contributed by atoms with van der Waals surface area (Å²) in [6, 6.07) is 11.4. The maximum atomic E-state index is 13.0.